The third-order valence-corrected chi connectivity index (χ3v) is 4.36. The van der Waals surface area contributed by atoms with E-state index in [0.29, 0.717) is 5.91 Å². The van der Waals surface area contributed by atoms with Gasteiger partial charge in [-0.1, -0.05) is 6.42 Å². The van der Waals surface area contributed by atoms with Gasteiger partial charge in [-0.3, -0.25) is 9.69 Å². The number of carbonyl (C=O) groups excluding carboxylic acids is 1. The van der Waals surface area contributed by atoms with Crippen LogP contribution in [0.1, 0.15) is 25.7 Å². The van der Waals surface area contributed by atoms with Gasteiger partial charge in [0.1, 0.15) is 0 Å². The van der Waals surface area contributed by atoms with Gasteiger partial charge in [0, 0.05) is 51.8 Å². The van der Waals surface area contributed by atoms with Gasteiger partial charge < -0.3 is 15.4 Å². The summed E-state index contributed by atoms with van der Waals surface area (Å²) in [6, 6.07) is 0.227. The molecule has 19 heavy (non-hydrogen) atoms. The summed E-state index contributed by atoms with van der Waals surface area (Å²) in [5.41, 5.74) is 5.98. The average molecular weight is 269 g/mol. The van der Waals surface area contributed by atoms with Gasteiger partial charge in [0.25, 0.3) is 0 Å². The molecule has 0 aromatic heterocycles. The lowest BCUT2D eigenvalue weighted by molar-refractivity contribution is -0.138. The molecule has 0 radical (unpaired) electrons. The van der Waals surface area contributed by atoms with Crippen molar-refractivity contribution in [2.24, 2.45) is 11.7 Å². The van der Waals surface area contributed by atoms with E-state index in [2.05, 4.69) is 4.90 Å². The third-order valence-electron chi connectivity index (χ3n) is 4.36. The number of nitrogens with zero attached hydrogens (tertiary/aromatic N) is 2. The maximum Gasteiger partial charge on any atom is 0.225 e. The van der Waals surface area contributed by atoms with Crippen molar-refractivity contribution in [3.8, 4) is 0 Å². The van der Waals surface area contributed by atoms with Crippen molar-refractivity contribution in [1.29, 1.82) is 0 Å². The second-order valence-corrected chi connectivity index (χ2v) is 5.78. The normalized spacial score (nSPS) is 29.5. The van der Waals surface area contributed by atoms with Crippen molar-refractivity contribution in [1.82, 2.24) is 9.80 Å². The van der Waals surface area contributed by atoms with Crippen LogP contribution in [0.4, 0.5) is 0 Å². The molecule has 5 heteroatoms. The molecule has 1 aliphatic carbocycles. The highest BCUT2D eigenvalue weighted by atomic mass is 16.5. The number of hydrogen-bond acceptors (Lipinski definition) is 4. The summed E-state index contributed by atoms with van der Waals surface area (Å²) < 4.78 is 5.09. The number of methoxy groups -OCH3 is 1. The lowest BCUT2D eigenvalue weighted by atomic mass is 9.85. The molecular formula is C14H27N3O2. The van der Waals surface area contributed by atoms with Crippen LogP contribution >= 0.6 is 0 Å². The minimum atomic E-state index is 0.175. The molecular weight excluding hydrogens is 242 g/mol. The Labute approximate surface area is 116 Å². The Bertz CT molecular complexity index is 290. The maximum atomic E-state index is 12.4. The second-order valence-electron chi connectivity index (χ2n) is 5.78. The quantitative estimate of drug-likeness (QED) is 0.797. The molecule has 1 saturated carbocycles. The lowest BCUT2D eigenvalue weighted by Crippen LogP contribution is -2.51. The average Bonchev–Trinajstić information content (AvgIpc) is 2.45. The van der Waals surface area contributed by atoms with Crippen LogP contribution in [0.3, 0.4) is 0 Å². The minimum Gasteiger partial charge on any atom is -0.383 e. The van der Waals surface area contributed by atoms with E-state index in [1.54, 1.807) is 7.11 Å². The number of amides is 1. The van der Waals surface area contributed by atoms with Crippen molar-refractivity contribution in [3.05, 3.63) is 0 Å². The summed E-state index contributed by atoms with van der Waals surface area (Å²) in [4.78, 5) is 16.8. The molecule has 2 N–H and O–H groups in total. The molecule has 0 bridgehead atoms. The van der Waals surface area contributed by atoms with Crippen LogP contribution in [-0.4, -0.2) is 68.2 Å². The monoisotopic (exact) mass is 269 g/mol. The van der Waals surface area contributed by atoms with Gasteiger partial charge in [-0.15, -0.1) is 0 Å². The van der Waals surface area contributed by atoms with Gasteiger partial charge in [-0.2, -0.15) is 0 Å². The van der Waals surface area contributed by atoms with E-state index in [1.165, 1.54) is 0 Å². The van der Waals surface area contributed by atoms with Crippen LogP contribution < -0.4 is 5.73 Å². The summed E-state index contributed by atoms with van der Waals surface area (Å²) >= 11 is 0. The first-order valence-corrected chi connectivity index (χ1v) is 7.46. The summed E-state index contributed by atoms with van der Waals surface area (Å²) in [5.74, 6) is 0.510. The molecule has 1 heterocycles. The highest BCUT2D eigenvalue weighted by molar-refractivity contribution is 5.79. The van der Waals surface area contributed by atoms with Gasteiger partial charge in [0.2, 0.25) is 5.91 Å². The van der Waals surface area contributed by atoms with E-state index in [1.807, 2.05) is 4.90 Å². The van der Waals surface area contributed by atoms with Crippen LogP contribution in [0.5, 0.6) is 0 Å². The minimum absolute atomic E-state index is 0.175. The molecule has 1 amide bonds. The van der Waals surface area contributed by atoms with Crippen LogP contribution in [0.15, 0.2) is 0 Å². The molecule has 2 rings (SSSR count). The molecule has 1 saturated heterocycles. The molecule has 2 aliphatic rings. The zero-order chi connectivity index (χ0) is 13.7. The van der Waals surface area contributed by atoms with Crippen LogP contribution in [-0.2, 0) is 9.53 Å². The van der Waals surface area contributed by atoms with Gasteiger partial charge in [0.15, 0.2) is 0 Å². The molecule has 2 atom stereocenters. The Morgan fingerprint density at radius 1 is 1.26 bits per heavy atom. The molecule has 0 aromatic rings. The topological polar surface area (TPSA) is 58.8 Å². The predicted octanol–water partition coefficient (Wildman–Crippen LogP) is 0.295. The fourth-order valence-corrected chi connectivity index (χ4v) is 3.12. The van der Waals surface area contributed by atoms with Crippen molar-refractivity contribution >= 4 is 5.91 Å². The number of ether oxygens (including phenoxy) is 1. The molecule has 0 aromatic carbocycles. The molecule has 2 fully saturated rings. The Kier molecular flexibility index (Phi) is 5.60. The number of carbonyl (C=O) groups is 1. The highest BCUT2D eigenvalue weighted by Crippen LogP contribution is 2.25. The molecule has 5 nitrogen and oxygen atoms in total. The van der Waals surface area contributed by atoms with Crippen LogP contribution in [0.25, 0.3) is 0 Å². The SMILES string of the molecule is COCCN1CCN(C(=O)C2CCCC(N)C2)CC1. The first kappa shape index (κ1) is 14.8. The third kappa shape index (κ3) is 4.16. The first-order chi connectivity index (χ1) is 9.20. The smallest absolute Gasteiger partial charge is 0.225 e. The molecule has 110 valence electrons. The largest absolute Gasteiger partial charge is 0.383 e. The van der Waals surface area contributed by atoms with E-state index in [9.17, 15) is 4.79 Å². The number of rotatable bonds is 4. The van der Waals surface area contributed by atoms with Crippen molar-refractivity contribution < 1.29 is 9.53 Å². The maximum absolute atomic E-state index is 12.4. The van der Waals surface area contributed by atoms with Crippen LogP contribution in [0.2, 0.25) is 0 Å². The Morgan fingerprint density at radius 2 is 2.00 bits per heavy atom. The Hall–Kier alpha value is -0.650. The summed E-state index contributed by atoms with van der Waals surface area (Å²) in [6.07, 6.45) is 4.08. The number of hydrogen-bond donors (Lipinski definition) is 1. The van der Waals surface area contributed by atoms with E-state index in [0.717, 1.165) is 65.0 Å². The molecule has 0 spiro atoms. The highest BCUT2D eigenvalue weighted by Gasteiger charge is 2.30. The van der Waals surface area contributed by atoms with Gasteiger partial charge in [-0.05, 0) is 19.3 Å². The Morgan fingerprint density at radius 3 is 2.63 bits per heavy atom. The van der Waals surface area contributed by atoms with E-state index >= 15 is 0 Å². The van der Waals surface area contributed by atoms with Crippen LogP contribution in [0, 0.1) is 5.92 Å². The van der Waals surface area contributed by atoms with Gasteiger partial charge in [0.05, 0.1) is 6.61 Å². The fraction of sp³-hybridized carbons (Fsp3) is 0.929. The fourth-order valence-electron chi connectivity index (χ4n) is 3.12. The zero-order valence-corrected chi connectivity index (χ0v) is 12.0. The second kappa shape index (κ2) is 7.22. The van der Waals surface area contributed by atoms with Gasteiger partial charge >= 0.3 is 0 Å². The zero-order valence-electron chi connectivity index (χ0n) is 12.0. The first-order valence-electron chi connectivity index (χ1n) is 7.46. The Balaban J connectivity index is 1.75. The van der Waals surface area contributed by atoms with E-state index < -0.39 is 0 Å². The van der Waals surface area contributed by atoms with Crippen molar-refractivity contribution in [3.63, 3.8) is 0 Å². The summed E-state index contributed by atoms with van der Waals surface area (Å²) in [6.45, 7) is 5.38. The number of piperazine rings is 1. The van der Waals surface area contributed by atoms with Gasteiger partial charge in [-0.25, -0.2) is 0 Å². The lowest BCUT2D eigenvalue weighted by Gasteiger charge is -2.37. The standard InChI is InChI=1S/C14H27N3O2/c1-19-10-9-16-5-7-17(8-6-16)14(18)12-3-2-4-13(15)11-12/h12-13H,2-11,15H2,1H3. The van der Waals surface area contributed by atoms with E-state index in [4.69, 9.17) is 10.5 Å². The van der Waals surface area contributed by atoms with E-state index in [-0.39, 0.29) is 12.0 Å². The van der Waals surface area contributed by atoms with Crippen molar-refractivity contribution in [2.75, 3.05) is 46.4 Å². The molecule has 2 unspecified atom stereocenters. The molecule has 1 aliphatic heterocycles. The summed E-state index contributed by atoms with van der Waals surface area (Å²) in [7, 11) is 1.73. The van der Waals surface area contributed by atoms with Crippen molar-refractivity contribution in [2.45, 2.75) is 31.7 Å². The number of nitrogens with two attached hydrogens (primary N) is 1. The predicted molar refractivity (Wildman–Crippen MR) is 74.8 cm³/mol. The summed E-state index contributed by atoms with van der Waals surface area (Å²) in [5, 5.41) is 0.